The SMILES string of the molecule is O=C(NCC1Cc2ccccc2CO1)c1cc(Br)cs1. The van der Waals surface area contributed by atoms with E-state index in [1.165, 1.54) is 22.5 Å². The number of carbonyl (C=O) groups is 1. The van der Waals surface area contributed by atoms with E-state index in [2.05, 4.69) is 33.4 Å². The van der Waals surface area contributed by atoms with Crippen LogP contribution in [-0.2, 0) is 17.8 Å². The lowest BCUT2D eigenvalue weighted by Crippen LogP contribution is -2.36. The Morgan fingerprint density at radius 3 is 2.95 bits per heavy atom. The van der Waals surface area contributed by atoms with Gasteiger partial charge in [0.2, 0.25) is 0 Å². The fraction of sp³-hybridized carbons (Fsp3) is 0.267. The van der Waals surface area contributed by atoms with E-state index < -0.39 is 0 Å². The van der Waals surface area contributed by atoms with Crippen LogP contribution in [0, 0.1) is 0 Å². The maximum absolute atomic E-state index is 12.0. The van der Waals surface area contributed by atoms with E-state index in [1.54, 1.807) is 0 Å². The summed E-state index contributed by atoms with van der Waals surface area (Å²) in [5.74, 6) is -0.0387. The Hall–Kier alpha value is -1.17. The summed E-state index contributed by atoms with van der Waals surface area (Å²) < 4.78 is 6.72. The Balaban J connectivity index is 1.56. The van der Waals surface area contributed by atoms with Gasteiger partial charge in [-0.2, -0.15) is 0 Å². The molecule has 1 unspecified atom stereocenters. The Bertz CT molecular complexity index is 626. The van der Waals surface area contributed by atoms with Crippen molar-refractivity contribution in [2.45, 2.75) is 19.1 Å². The van der Waals surface area contributed by atoms with Gasteiger partial charge in [-0.25, -0.2) is 0 Å². The molecule has 3 nitrogen and oxygen atoms in total. The van der Waals surface area contributed by atoms with E-state index in [0.717, 1.165) is 10.9 Å². The highest BCUT2D eigenvalue weighted by Gasteiger charge is 2.19. The number of hydrogen-bond acceptors (Lipinski definition) is 3. The Morgan fingerprint density at radius 2 is 2.20 bits per heavy atom. The molecule has 2 heterocycles. The Kier molecular flexibility index (Phi) is 4.19. The maximum Gasteiger partial charge on any atom is 0.261 e. The van der Waals surface area contributed by atoms with Crippen molar-refractivity contribution in [3.05, 3.63) is 56.2 Å². The van der Waals surface area contributed by atoms with Gasteiger partial charge in [0, 0.05) is 22.8 Å². The van der Waals surface area contributed by atoms with E-state index in [0.29, 0.717) is 18.0 Å². The minimum Gasteiger partial charge on any atom is -0.371 e. The molecular weight excluding hydrogens is 338 g/mol. The molecule has 1 aromatic carbocycles. The molecule has 1 aromatic heterocycles. The number of nitrogens with one attached hydrogen (secondary N) is 1. The van der Waals surface area contributed by atoms with E-state index in [-0.39, 0.29) is 12.0 Å². The van der Waals surface area contributed by atoms with Crippen LogP contribution in [0.15, 0.2) is 40.2 Å². The molecule has 20 heavy (non-hydrogen) atoms. The van der Waals surface area contributed by atoms with Crippen LogP contribution in [0.3, 0.4) is 0 Å². The molecule has 0 aliphatic carbocycles. The minimum atomic E-state index is -0.0387. The highest BCUT2D eigenvalue weighted by Crippen LogP contribution is 2.21. The fourth-order valence-electron chi connectivity index (χ4n) is 2.27. The molecule has 1 amide bonds. The van der Waals surface area contributed by atoms with E-state index >= 15 is 0 Å². The van der Waals surface area contributed by atoms with Crippen molar-refractivity contribution in [2.24, 2.45) is 0 Å². The normalized spacial score (nSPS) is 17.6. The lowest BCUT2D eigenvalue weighted by molar-refractivity contribution is 0.0285. The molecule has 2 aromatic rings. The first-order valence-electron chi connectivity index (χ1n) is 6.43. The number of thiophene rings is 1. The molecule has 104 valence electrons. The van der Waals surface area contributed by atoms with Crippen LogP contribution in [0.2, 0.25) is 0 Å². The molecule has 0 spiro atoms. The standard InChI is InChI=1S/C15H14BrNO2S/c16-12-6-14(20-9-12)15(18)17-7-13-5-10-3-1-2-4-11(10)8-19-13/h1-4,6,9,13H,5,7-8H2,(H,17,18). The summed E-state index contributed by atoms with van der Waals surface area (Å²) in [5, 5.41) is 4.84. The summed E-state index contributed by atoms with van der Waals surface area (Å²) in [7, 11) is 0. The first kappa shape index (κ1) is 13.8. The van der Waals surface area contributed by atoms with Gasteiger partial charge < -0.3 is 10.1 Å². The third-order valence-electron chi connectivity index (χ3n) is 3.32. The van der Waals surface area contributed by atoms with Crippen molar-refractivity contribution in [1.29, 1.82) is 0 Å². The maximum atomic E-state index is 12.0. The monoisotopic (exact) mass is 351 g/mol. The molecule has 1 aliphatic rings. The minimum absolute atomic E-state index is 0.0387. The number of carbonyl (C=O) groups excluding carboxylic acids is 1. The predicted molar refractivity (Wildman–Crippen MR) is 83.1 cm³/mol. The number of rotatable bonds is 3. The molecule has 0 saturated carbocycles. The molecule has 3 rings (SSSR count). The zero-order chi connectivity index (χ0) is 13.9. The highest BCUT2D eigenvalue weighted by atomic mass is 79.9. The van der Waals surface area contributed by atoms with Crippen LogP contribution in [0.25, 0.3) is 0 Å². The van der Waals surface area contributed by atoms with E-state index in [1.807, 2.05) is 23.6 Å². The number of benzene rings is 1. The van der Waals surface area contributed by atoms with Crippen molar-refractivity contribution < 1.29 is 9.53 Å². The van der Waals surface area contributed by atoms with Gasteiger partial charge in [0.05, 0.1) is 17.6 Å². The van der Waals surface area contributed by atoms with Crippen LogP contribution in [0.1, 0.15) is 20.8 Å². The molecule has 1 aliphatic heterocycles. The van der Waals surface area contributed by atoms with Crippen molar-refractivity contribution in [3.8, 4) is 0 Å². The summed E-state index contributed by atoms with van der Waals surface area (Å²) >= 11 is 4.78. The van der Waals surface area contributed by atoms with Gasteiger partial charge in [0.25, 0.3) is 5.91 Å². The zero-order valence-corrected chi connectivity index (χ0v) is 13.2. The average molecular weight is 352 g/mol. The highest BCUT2D eigenvalue weighted by molar-refractivity contribution is 9.10. The second-order valence-electron chi connectivity index (χ2n) is 4.75. The molecule has 0 fully saturated rings. The van der Waals surface area contributed by atoms with Gasteiger partial charge in [-0.1, -0.05) is 24.3 Å². The quantitative estimate of drug-likeness (QED) is 0.920. The van der Waals surface area contributed by atoms with Gasteiger partial charge in [-0.3, -0.25) is 4.79 Å². The number of halogens is 1. The summed E-state index contributed by atoms with van der Waals surface area (Å²) in [5.41, 5.74) is 2.56. The second-order valence-corrected chi connectivity index (χ2v) is 6.57. The summed E-state index contributed by atoms with van der Waals surface area (Å²) in [4.78, 5) is 12.7. The number of hydrogen-bond donors (Lipinski definition) is 1. The van der Waals surface area contributed by atoms with Crippen LogP contribution in [0.4, 0.5) is 0 Å². The van der Waals surface area contributed by atoms with Crippen molar-refractivity contribution in [1.82, 2.24) is 5.32 Å². The lowest BCUT2D eigenvalue weighted by atomic mass is 9.99. The molecule has 0 saturated heterocycles. The molecule has 1 N–H and O–H groups in total. The fourth-order valence-corrected chi connectivity index (χ4v) is 3.61. The number of ether oxygens (including phenoxy) is 1. The summed E-state index contributed by atoms with van der Waals surface area (Å²) in [6, 6.07) is 10.1. The zero-order valence-electron chi connectivity index (χ0n) is 10.8. The smallest absolute Gasteiger partial charge is 0.261 e. The van der Waals surface area contributed by atoms with Crippen molar-refractivity contribution in [2.75, 3.05) is 6.54 Å². The number of fused-ring (bicyclic) bond motifs is 1. The number of amides is 1. The molecule has 1 atom stereocenters. The molecular formula is C15H14BrNO2S. The third-order valence-corrected chi connectivity index (χ3v) is 5.01. The van der Waals surface area contributed by atoms with Gasteiger partial charge in [0.1, 0.15) is 0 Å². The topological polar surface area (TPSA) is 38.3 Å². The van der Waals surface area contributed by atoms with Crippen LogP contribution in [0.5, 0.6) is 0 Å². The molecule has 5 heteroatoms. The summed E-state index contributed by atoms with van der Waals surface area (Å²) in [6.07, 6.45) is 0.905. The van der Waals surface area contributed by atoms with E-state index in [9.17, 15) is 4.79 Å². The lowest BCUT2D eigenvalue weighted by Gasteiger charge is -2.25. The average Bonchev–Trinajstić information content (AvgIpc) is 2.91. The Labute approximate surface area is 130 Å². The largest absolute Gasteiger partial charge is 0.371 e. The van der Waals surface area contributed by atoms with Crippen LogP contribution in [-0.4, -0.2) is 18.6 Å². The van der Waals surface area contributed by atoms with Gasteiger partial charge in [-0.15, -0.1) is 11.3 Å². The van der Waals surface area contributed by atoms with E-state index in [4.69, 9.17) is 4.74 Å². The first-order chi connectivity index (χ1) is 9.72. The van der Waals surface area contributed by atoms with Gasteiger partial charge in [0.15, 0.2) is 0 Å². The van der Waals surface area contributed by atoms with Gasteiger partial charge in [-0.05, 0) is 33.1 Å². The van der Waals surface area contributed by atoms with Crippen molar-refractivity contribution >= 4 is 33.2 Å². The van der Waals surface area contributed by atoms with Crippen LogP contribution < -0.4 is 5.32 Å². The van der Waals surface area contributed by atoms with Crippen molar-refractivity contribution in [3.63, 3.8) is 0 Å². The molecule has 0 radical (unpaired) electrons. The third kappa shape index (κ3) is 3.11. The second kappa shape index (κ2) is 6.08. The molecule has 0 bridgehead atoms. The first-order valence-corrected chi connectivity index (χ1v) is 8.10. The Morgan fingerprint density at radius 1 is 1.40 bits per heavy atom. The van der Waals surface area contributed by atoms with Crippen LogP contribution >= 0.6 is 27.3 Å². The summed E-state index contributed by atoms with van der Waals surface area (Å²) in [6.45, 7) is 1.17. The predicted octanol–water partition coefficient (Wildman–Crippen LogP) is 3.38. The van der Waals surface area contributed by atoms with Gasteiger partial charge >= 0.3 is 0 Å².